The molecule has 0 aliphatic rings. The summed E-state index contributed by atoms with van der Waals surface area (Å²) >= 11 is 5.76. The van der Waals surface area contributed by atoms with Gasteiger partial charge in [0.15, 0.2) is 0 Å². The topological polar surface area (TPSA) is 34.9 Å². The minimum atomic E-state index is -0.264. The van der Waals surface area contributed by atoms with Crippen LogP contribution in [0.4, 0.5) is 0 Å². The summed E-state index contributed by atoms with van der Waals surface area (Å²) in [6.07, 6.45) is 1.51. The second-order valence-corrected chi connectivity index (χ2v) is 4.47. The Labute approximate surface area is 82.4 Å². The molecule has 0 N–H and O–H groups in total. The van der Waals surface area contributed by atoms with E-state index >= 15 is 0 Å². The fourth-order valence-electron chi connectivity index (χ4n) is 1.06. The Kier molecular flexibility index (Phi) is 2.48. The Morgan fingerprint density at radius 1 is 1.46 bits per heavy atom. The van der Waals surface area contributed by atoms with Gasteiger partial charge in [-0.1, -0.05) is 32.4 Å². The molecule has 0 atom stereocenters. The monoisotopic (exact) mass is 200 g/mol. The molecule has 0 aliphatic carbocycles. The van der Waals surface area contributed by atoms with Gasteiger partial charge in [-0.05, 0) is 0 Å². The Hall–Kier alpha value is -0.830. The zero-order valence-corrected chi connectivity index (χ0v) is 9.01. The van der Waals surface area contributed by atoms with E-state index in [0.29, 0.717) is 10.8 Å². The molecule has 72 valence electrons. The summed E-state index contributed by atoms with van der Waals surface area (Å²) in [5.41, 5.74) is 0.152. The summed E-state index contributed by atoms with van der Waals surface area (Å²) in [5.74, 6) is 0. The maximum absolute atomic E-state index is 11.6. The van der Waals surface area contributed by atoms with Gasteiger partial charge >= 0.3 is 0 Å². The smallest absolute Gasteiger partial charge is 0.272 e. The van der Waals surface area contributed by atoms with E-state index in [0.717, 1.165) is 0 Å². The van der Waals surface area contributed by atoms with Crippen LogP contribution >= 0.6 is 11.6 Å². The lowest BCUT2D eigenvalue weighted by Crippen LogP contribution is -2.30. The predicted octanol–water partition coefficient (Wildman–Crippen LogP) is 1.73. The third kappa shape index (κ3) is 2.10. The van der Waals surface area contributed by atoms with Crippen LogP contribution in [0.2, 0.25) is 5.15 Å². The maximum Gasteiger partial charge on any atom is 0.272 e. The summed E-state index contributed by atoms with van der Waals surface area (Å²) in [7, 11) is 1.67. The second kappa shape index (κ2) is 3.14. The predicted molar refractivity (Wildman–Crippen MR) is 53.2 cm³/mol. The van der Waals surface area contributed by atoms with Gasteiger partial charge in [0.05, 0.1) is 0 Å². The van der Waals surface area contributed by atoms with Crippen LogP contribution in [0.25, 0.3) is 0 Å². The molecule has 0 unspecified atom stereocenters. The first-order valence-corrected chi connectivity index (χ1v) is 4.44. The lowest BCUT2D eigenvalue weighted by Gasteiger charge is -2.17. The average molecular weight is 201 g/mol. The van der Waals surface area contributed by atoms with E-state index in [2.05, 4.69) is 4.98 Å². The summed E-state index contributed by atoms with van der Waals surface area (Å²) in [4.78, 5) is 15.6. The van der Waals surface area contributed by atoms with Crippen LogP contribution < -0.4 is 5.56 Å². The van der Waals surface area contributed by atoms with Gasteiger partial charge in [-0.2, -0.15) is 0 Å². The summed E-state index contributed by atoms with van der Waals surface area (Å²) < 4.78 is 1.45. The average Bonchev–Trinajstić information content (AvgIpc) is 1.94. The largest absolute Gasteiger partial charge is 0.314 e. The quantitative estimate of drug-likeness (QED) is 0.640. The molecule has 0 amide bonds. The first-order valence-electron chi connectivity index (χ1n) is 4.06. The van der Waals surface area contributed by atoms with Crippen molar-refractivity contribution >= 4 is 11.6 Å². The molecule has 0 spiro atoms. The van der Waals surface area contributed by atoms with E-state index in [-0.39, 0.29) is 11.0 Å². The first kappa shape index (κ1) is 10.3. The number of aryl methyl sites for hydroxylation is 1. The minimum absolute atomic E-state index is 0.0862. The van der Waals surface area contributed by atoms with Crippen molar-refractivity contribution < 1.29 is 0 Å². The fraction of sp³-hybridized carbons (Fsp3) is 0.556. The molecule has 0 fully saturated rings. The molecule has 1 aromatic rings. The SMILES string of the molecule is Cn1cc(Cl)nc(C(C)(C)C)c1=O. The summed E-state index contributed by atoms with van der Waals surface area (Å²) in [6, 6.07) is 0. The van der Waals surface area contributed by atoms with Gasteiger partial charge in [-0.25, -0.2) is 4.98 Å². The van der Waals surface area contributed by atoms with E-state index in [1.54, 1.807) is 7.05 Å². The van der Waals surface area contributed by atoms with E-state index in [1.807, 2.05) is 20.8 Å². The van der Waals surface area contributed by atoms with Crippen LogP contribution in [-0.2, 0) is 12.5 Å². The normalized spacial score (nSPS) is 11.8. The fourth-order valence-corrected chi connectivity index (χ4v) is 1.29. The van der Waals surface area contributed by atoms with Crippen molar-refractivity contribution in [3.8, 4) is 0 Å². The van der Waals surface area contributed by atoms with E-state index < -0.39 is 0 Å². The molecule has 0 saturated heterocycles. The third-order valence-corrected chi connectivity index (χ3v) is 1.93. The van der Waals surface area contributed by atoms with Crippen molar-refractivity contribution in [2.45, 2.75) is 26.2 Å². The van der Waals surface area contributed by atoms with Gasteiger partial charge in [-0.15, -0.1) is 0 Å². The van der Waals surface area contributed by atoms with Gasteiger partial charge < -0.3 is 4.57 Å². The number of hydrogen-bond acceptors (Lipinski definition) is 2. The van der Waals surface area contributed by atoms with Gasteiger partial charge in [0.2, 0.25) is 0 Å². The molecular formula is C9H13ClN2O. The highest BCUT2D eigenvalue weighted by Gasteiger charge is 2.20. The zero-order valence-electron chi connectivity index (χ0n) is 8.26. The van der Waals surface area contributed by atoms with Gasteiger partial charge in [0, 0.05) is 18.7 Å². The Bertz CT molecular complexity index is 376. The summed E-state index contributed by atoms with van der Waals surface area (Å²) in [5, 5.41) is 0.354. The number of hydrogen-bond donors (Lipinski definition) is 0. The molecule has 4 heteroatoms. The lowest BCUT2D eigenvalue weighted by molar-refractivity contribution is 0.549. The Balaban J connectivity index is 3.47. The molecule has 0 aromatic carbocycles. The molecule has 13 heavy (non-hydrogen) atoms. The highest BCUT2D eigenvalue weighted by atomic mass is 35.5. The molecule has 1 rings (SSSR count). The Morgan fingerprint density at radius 2 is 2.00 bits per heavy atom. The van der Waals surface area contributed by atoms with Crippen molar-refractivity contribution in [3.05, 3.63) is 27.4 Å². The number of nitrogens with zero attached hydrogens (tertiary/aromatic N) is 2. The third-order valence-electron chi connectivity index (χ3n) is 1.75. The van der Waals surface area contributed by atoms with E-state index in [4.69, 9.17) is 11.6 Å². The molecular weight excluding hydrogens is 188 g/mol. The first-order chi connectivity index (χ1) is 5.82. The van der Waals surface area contributed by atoms with Crippen LogP contribution in [0, 0.1) is 0 Å². The van der Waals surface area contributed by atoms with Gasteiger partial charge in [0.25, 0.3) is 5.56 Å². The van der Waals surface area contributed by atoms with Crippen molar-refractivity contribution in [1.82, 2.24) is 9.55 Å². The number of halogens is 1. The van der Waals surface area contributed by atoms with Crippen molar-refractivity contribution in [2.24, 2.45) is 7.05 Å². The maximum atomic E-state index is 11.6. The number of rotatable bonds is 0. The molecule has 0 saturated carbocycles. The molecule has 0 radical (unpaired) electrons. The van der Waals surface area contributed by atoms with Crippen LogP contribution in [0.3, 0.4) is 0 Å². The number of aromatic nitrogens is 2. The van der Waals surface area contributed by atoms with Crippen molar-refractivity contribution in [1.29, 1.82) is 0 Å². The van der Waals surface area contributed by atoms with Gasteiger partial charge in [-0.3, -0.25) is 4.79 Å². The van der Waals surface area contributed by atoms with Crippen molar-refractivity contribution in [2.75, 3.05) is 0 Å². The molecule has 1 heterocycles. The van der Waals surface area contributed by atoms with Gasteiger partial charge in [0.1, 0.15) is 10.8 Å². The van der Waals surface area contributed by atoms with Crippen LogP contribution in [-0.4, -0.2) is 9.55 Å². The zero-order chi connectivity index (χ0) is 10.2. The second-order valence-electron chi connectivity index (χ2n) is 4.08. The van der Waals surface area contributed by atoms with Crippen LogP contribution in [0.1, 0.15) is 26.5 Å². The van der Waals surface area contributed by atoms with E-state index in [9.17, 15) is 4.79 Å². The standard InChI is InChI=1S/C9H13ClN2O/c1-9(2,3)7-8(13)12(4)5-6(10)11-7/h5H,1-4H3. The highest BCUT2D eigenvalue weighted by Crippen LogP contribution is 2.17. The molecule has 3 nitrogen and oxygen atoms in total. The molecule has 0 bridgehead atoms. The minimum Gasteiger partial charge on any atom is -0.314 e. The molecule has 1 aromatic heterocycles. The summed E-state index contributed by atoms with van der Waals surface area (Å²) in [6.45, 7) is 5.81. The van der Waals surface area contributed by atoms with Crippen LogP contribution in [0.5, 0.6) is 0 Å². The molecule has 0 aliphatic heterocycles. The van der Waals surface area contributed by atoms with Crippen LogP contribution in [0.15, 0.2) is 11.0 Å². The van der Waals surface area contributed by atoms with E-state index in [1.165, 1.54) is 10.8 Å². The Morgan fingerprint density at radius 3 is 2.46 bits per heavy atom. The van der Waals surface area contributed by atoms with Crippen molar-refractivity contribution in [3.63, 3.8) is 0 Å². The lowest BCUT2D eigenvalue weighted by atomic mass is 9.92. The highest BCUT2D eigenvalue weighted by molar-refractivity contribution is 6.29.